The number of aromatic carboxylic acids is 1. The molecule has 9 heteroatoms. The molecule has 21 heavy (non-hydrogen) atoms. The van der Waals surface area contributed by atoms with E-state index >= 15 is 0 Å². The molecule has 0 saturated carbocycles. The smallest absolute Gasteiger partial charge is 0.408 e. The Morgan fingerprint density at radius 2 is 1.76 bits per heavy atom. The van der Waals surface area contributed by atoms with Gasteiger partial charge in [0.2, 0.25) is 0 Å². The first kappa shape index (κ1) is 16.7. The van der Waals surface area contributed by atoms with Crippen molar-refractivity contribution in [2.24, 2.45) is 0 Å². The Morgan fingerprint density at radius 1 is 1.24 bits per heavy atom. The number of H-pyrrole nitrogens is 1. The van der Waals surface area contributed by atoms with E-state index in [2.05, 4.69) is 4.98 Å². The number of carbonyl (C=O) groups excluding carboxylic acids is 2. The van der Waals surface area contributed by atoms with Crippen LogP contribution in [-0.2, 0) is 4.79 Å². The fraction of sp³-hybridized carbons (Fsp3) is 0.417. The van der Waals surface area contributed by atoms with Gasteiger partial charge in [0, 0.05) is 5.69 Å². The van der Waals surface area contributed by atoms with E-state index in [1.165, 1.54) is 19.2 Å². The molecule has 1 aromatic heterocycles. The Balaban J connectivity index is 3.03. The van der Waals surface area contributed by atoms with Crippen molar-refractivity contribution >= 4 is 17.7 Å². The Labute approximate surface area is 117 Å². The summed E-state index contributed by atoms with van der Waals surface area (Å²) in [5.74, 6) is -4.01. The number of alkyl halides is 3. The predicted molar refractivity (Wildman–Crippen MR) is 65.2 cm³/mol. The number of hydrogen-bond acceptors (Lipinski definition) is 3. The van der Waals surface area contributed by atoms with Crippen molar-refractivity contribution in [3.63, 3.8) is 0 Å². The summed E-state index contributed by atoms with van der Waals surface area (Å²) in [4.78, 5) is 36.7. The lowest BCUT2D eigenvalue weighted by molar-refractivity contribution is -0.156. The molecule has 0 radical (unpaired) electrons. The molecule has 0 spiro atoms. The van der Waals surface area contributed by atoms with E-state index < -0.39 is 29.9 Å². The molecule has 0 bridgehead atoms. The second kappa shape index (κ2) is 5.58. The van der Waals surface area contributed by atoms with E-state index in [1.807, 2.05) is 0 Å². The minimum atomic E-state index is -4.68. The number of aromatic amines is 1. The standard InChI is InChI=1S/C12H13F3N2O4/c1-4-7(11(20)21)5(2)16-8(4)9(18)10(19)17-6(3)12(13,14)15/h6,16H,1-3H3,(H,17,19)(H,20,21)/t6-/m1/s1. The lowest BCUT2D eigenvalue weighted by Crippen LogP contribution is -2.46. The number of rotatable bonds is 4. The van der Waals surface area contributed by atoms with Crippen LogP contribution in [0.4, 0.5) is 13.2 Å². The highest BCUT2D eigenvalue weighted by atomic mass is 19.4. The van der Waals surface area contributed by atoms with Gasteiger partial charge in [-0.2, -0.15) is 13.2 Å². The molecule has 0 aliphatic rings. The van der Waals surface area contributed by atoms with Crippen LogP contribution in [0.15, 0.2) is 0 Å². The predicted octanol–water partition coefficient (Wildman–Crippen LogP) is 1.58. The largest absolute Gasteiger partial charge is 0.478 e. The van der Waals surface area contributed by atoms with Crippen molar-refractivity contribution in [2.45, 2.75) is 33.0 Å². The number of hydrogen-bond donors (Lipinski definition) is 3. The van der Waals surface area contributed by atoms with Gasteiger partial charge in [0.15, 0.2) is 0 Å². The highest BCUT2D eigenvalue weighted by molar-refractivity contribution is 6.42. The molecule has 1 aromatic rings. The number of Topliss-reactive ketones (excluding diaryl/α,β-unsaturated/α-hetero) is 1. The molecular formula is C12H13F3N2O4. The van der Waals surface area contributed by atoms with E-state index in [0.29, 0.717) is 6.92 Å². The van der Waals surface area contributed by atoms with Crippen molar-refractivity contribution in [2.75, 3.05) is 0 Å². The first-order valence-electron chi connectivity index (χ1n) is 5.81. The van der Waals surface area contributed by atoms with Gasteiger partial charge >= 0.3 is 12.1 Å². The summed E-state index contributed by atoms with van der Waals surface area (Å²) in [7, 11) is 0. The van der Waals surface area contributed by atoms with Gasteiger partial charge in [-0.1, -0.05) is 0 Å². The molecule has 0 unspecified atom stereocenters. The normalized spacial score (nSPS) is 12.9. The summed E-state index contributed by atoms with van der Waals surface area (Å²) >= 11 is 0. The maximum absolute atomic E-state index is 12.3. The van der Waals surface area contributed by atoms with Crippen LogP contribution in [0.2, 0.25) is 0 Å². The number of aromatic nitrogens is 1. The van der Waals surface area contributed by atoms with Gasteiger partial charge in [-0.3, -0.25) is 9.59 Å². The molecule has 0 saturated heterocycles. The van der Waals surface area contributed by atoms with Crippen LogP contribution in [0.25, 0.3) is 0 Å². The zero-order valence-corrected chi connectivity index (χ0v) is 11.4. The fourth-order valence-corrected chi connectivity index (χ4v) is 1.76. The Kier molecular flexibility index (Phi) is 4.45. The molecule has 0 fully saturated rings. The second-order valence-corrected chi connectivity index (χ2v) is 4.50. The van der Waals surface area contributed by atoms with Crippen LogP contribution in [0, 0.1) is 13.8 Å². The van der Waals surface area contributed by atoms with Crippen LogP contribution in [0.1, 0.15) is 39.0 Å². The lowest BCUT2D eigenvalue weighted by Gasteiger charge is -2.16. The van der Waals surface area contributed by atoms with Gasteiger partial charge in [0.25, 0.3) is 11.7 Å². The van der Waals surface area contributed by atoms with Crippen molar-refractivity contribution in [1.82, 2.24) is 10.3 Å². The number of amides is 1. The van der Waals surface area contributed by atoms with Gasteiger partial charge in [-0.05, 0) is 26.3 Å². The molecule has 0 aliphatic carbocycles. The van der Waals surface area contributed by atoms with Crippen LogP contribution in [0.3, 0.4) is 0 Å². The molecule has 3 N–H and O–H groups in total. The number of nitrogens with one attached hydrogen (secondary N) is 2. The summed E-state index contributed by atoms with van der Waals surface area (Å²) < 4.78 is 37.0. The zero-order chi connectivity index (χ0) is 16.5. The highest BCUT2D eigenvalue weighted by Gasteiger charge is 2.38. The first-order valence-corrected chi connectivity index (χ1v) is 5.81. The van der Waals surface area contributed by atoms with Crippen molar-refractivity contribution in [3.05, 3.63) is 22.5 Å². The zero-order valence-electron chi connectivity index (χ0n) is 11.4. The molecule has 0 aliphatic heterocycles. The van der Waals surface area contributed by atoms with Crippen LogP contribution in [0.5, 0.6) is 0 Å². The van der Waals surface area contributed by atoms with Crippen LogP contribution >= 0.6 is 0 Å². The second-order valence-electron chi connectivity index (χ2n) is 4.50. The molecule has 1 rings (SSSR count). The maximum atomic E-state index is 12.3. The molecule has 1 amide bonds. The lowest BCUT2D eigenvalue weighted by atomic mass is 10.1. The topological polar surface area (TPSA) is 99.3 Å². The van der Waals surface area contributed by atoms with Gasteiger partial charge in [-0.25, -0.2) is 4.79 Å². The van der Waals surface area contributed by atoms with Gasteiger partial charge in [0.1, 0.15) is 6.04 Å². The fourth-order valence-electron chi connectivity index (χ4n) is 1.76. The first-order chi connectivity index (χ1) is 9.46. The summed E-state index contributed by atoms with van der Waals surface area (Å²) in [5, 5.41) is 10.5. The number of carboxylic acid groups (broad SMARTS) is 1. The molecule has 0 aromatic carbocycles. The Morgan fingerprint density at radius 3 is 2.14 bits per heavy atom. The van der Waals surface area contributed by atoms with Crippen molar-refractivity contribution in [1.29, 1.82) is 0 Å². The van der Waals surface area contributed by atoms with E-state index in [0.717, 1.165) is 0 Å². The van der Waals surface area contributed by atoms with Gasteiger partial charge in [-0.15, -0.1) is 0 Å². The summed E-state index contributed by atoms with van der Waals surface area (Å²) in [6.45, 7) is 3.37. The van der Waals surface area contributed by atoms with Gasteiger partial charge < -0.3 is 15.4 Å². The summed E-state index contributed by atoms with van der Waals surface area (Å²) in [6.07, 6.45) is -4.68. The third-order valence-corrected chi connectivity index (χ3v) is 2.92. The SMILES string of the molecule is Cc1[nH]c(C(=O)C(=O)N[C@H](C)C(F)(F)F)c(C)c1C(=O)O. The maximum Gasteiger partial charge on any atom is 0.408 e. The van der Waals surface area contributed by atoms with Gasteiger partial charge in [0.05, 0.1) is 11.3 Å². The molecule has 1 heterocycles. The Bertz CT molecular complexity index is 604. The van der Waals surface area contributed by atoms with Crippen molar-refractivity contribution in [3.8, 4) is 0 Å². The number of carboxylic acids is 1. The van der Waals surface area contributed by atoms with E-state index in [-0.39, 0.29) is 22.5 Å². The minimum absolute atomic E-state index is 0.000174. The van der Waals surface area contributed by atoms with Crippen LogP contribution < -0.4 is 5.32 Å². The molecular weight excluding hydrogens is 293 g/mol. The van der Waals surface area contributed by atoms with Crippen LogP contribution in [-0.4, -0.2) is 40.0 Å². The highest BCUT2D eigenvalue weighted by Crippen LogP contribution is 2.21. The van der Waals surface area contributed by atoms with E-state index in [4.69, 9.17) is 5.11 Å². The Hall–Kier alpha value is -2.32. The summed E-state index contributed by atoms with van der Waals surface area (Å²) in [5.41, 5.74) is -0.383. The minimum Gasteiger partial charge on any atom is -0.478 e. The third-order valence-electron chi connectivity index (χ3n) is 2.92. The monoisotopic (exact) mass is 306 g/mol. The van der Waals surface area contributed by atoms with E-state index in [9.17, 15) is 27.6 Å². The quantitative estimate of drug-likeness (QED) is 0.581. The van der Waals surface area contributed by atoms with E-state index in [1.54, 1.807) is 0 Å². The number of ketones is 1. The average Bonchev–Trinajstić information content (AvgIpc) is 2.62. The van der Waals surface area contributed by atoms with Crippen molar-refractivity contribution < 1.29 is 32.7 Å². The number of halogens is 3. The molecule has 6 nitrogen and oxygen atoms in total. The third kappa shape index (κ3) is 3.41. The number of aryl methyl sites for hydroxylation is 1. The molecule has 116 valence electrons. The summed E-state index contributed by atoms with van der Waals surface area (Å²) in [6, 6.07) is -2.19. The molecule has 1 atom stereocenters. The number of carbonyl (C=O) groups is 3. The average molecular weight is 306 g/mol.